The highest BCUT2D eigenvalue weighted by molar-refractivity contribution is 9.10. The largest absolute Gasteiger partial charge is 0.483 e. The number of benzene rings is 2. The number of amides is 2. The maximum atomic E-state index is 12.0. The van der Waals surface area contributed by atoms with Crippen molar-refractivity contribution in [1.29, 1.82) is 0 Å². The normalized spacial score (nSPS) is 10.5. The lowest BCUT2D eigenvalue weighted by atomic mass is 10.1. The topological polar surface area (TPSA) is 67.4 Å². The molecule has 0 atom stereocenters. The molecular weight excluding hydrogens is 396 g/mol. The molecule has 2 aromatic rings. The summed E-state index contributed by atoms with van der Waals surface area (Å²) in [7, 11) is 0. The Balaban J connectivity index is 1.84. The highest BCUT2D eigenvalue weighted by atomic mass is 79.9. The maximum absolute atomic E-state index is 12.0. The van der Waals surface area contributed by atoms with E-state index in [2.05, 4.69) is 26.6 Å². The van der Waals surface area contributed by atoms with Crippen molar-refractivity contribution < 1.29 is 14.3 Å². The number of nitrogens with one attached hydrogen (secondary N) is 2. The standard InChI is InChI=1S/C20H23BrN2O3/c1-13(2)10-19(24)22-16-5-7-17(8-6-16)23-20(25)12-26-18-9-4-15(21)11-14(18)3/h4-9,11,13H,10,12H2,1-3H3,(H,22,24)(H,23,25). The van der Waals surface area contributed by atoms with E-state index >= 15 is 0 Å². The summed E-state index contributed by atoms with van der Waals surface area (Å²) in [5.41, 5.74) is 2.30. The molecule has 0 radical (unpaired) electrons. The van der Waals surface area contributed by atoms with Gasteiger partial charge in [-0.05, 0) is 60.9 Å². The van der Waals surface area contributed by atoms with Gasteiger partial charge in [0.2, 0.25) is 5.91 Å². The molecule has 2 amide bonds. The summed E-state index contributed by atoms with van der Waals surface area (Å²) in [6.07, 6.45) is 0.477. The minimum absolute atomic E-state index is 0.0185. The number of ether oxygens (including phenoxy) is 1. The summed E-state index contributed by atoms with van der Waals surface area (Å²) in [6, 6.07) is 12.6. The molecule has 26 heavy (non-hydrogen) atoms. The second kappa shape index (κ2) is 9.38. The molecule has 0 bridgehead atoms. The third kappa shape index (κ3) is 6.52. The Morgan fingerprint density at radius 1 is 1.00 bits per heavy atom. The molecule has 2 N–H and O–H groups in total. The van der Waals surface area contributed by atoms with Crippen molar-refractivity contribution >= 4 is 39.1 Å². The van der Waals surface area contributed by atoms with Crippen LogP contribution >= 0.6 is 15.9 Å². The summed E-state index contributed by atoms with van der Waals surface area (Å²) in [5.74, 6) is 0.716. The Morgan fingerprint density at radius 2 is 1.58 bits per heavy atom. The summed E-state index contributed by atoms with van der Waals surface area (Å²) in [6.45, 7) is 5.84. The van der Waals surface area contributed by atoms with E-state index in [0.29, 0.717) is 29.5 Å². The van der Waals surface area contributed by atoms with Gasteiger partial charge in [-0.2, -0.15) is 0 Å². The highest BCUT2D eigenvalue weighted by Gasteiger charge is 2.08. The van der Waals surface area contributed by atoms with Gasteiger partial charge in [0.05, 0.1) is 0 Å². The van der Waals surface area contributed by atoms with Gasteiger partial charge < -0.3 is 15.4 Å². The summed E-state index contributed by atoms with van der Waals surface area (Å²) in [4.78, 5) is 23.8. The van der Waals surface area contributed by atoms with Crippen molar-refractivity contribution in [2.24, 2.45) is 5.92 Å². The van der Waals surface area contributed by atoms with Crippen LogP contribution in [0.5, 0.6) is 5.75 Å². The minimum Gasteiger partial charge on any atom is -0.483 e. The van der Waals surface area contributed by atoms with Gasteiger partial charge in [0.25, 0.3) is 5.91 Å². The Kier molecular flexibility index (Phi) is 7.21. The molecule has 0 aliphatic rings. The van der Waals surface area contributed by atoms with Crippen LogP contribution in [-0.4, -0.2) is 18.4 Å². The van der Waals surface area contributed by atoms with Gasteiger partial charge >= 0.3 is 0 Å². The first-order valence-corrected chi connectivity index (χ1v) is 9.21. The molecule has 0 fully saturated rings. The van der Waals surface area contributed by atoms with Crippen molar-refractivity contribution in [2.75, 3.05) is 17.2 Å². The number of hydrogen-bond acceptors (Lipinski definition) is 3. The fraction of sp³-hybridized carbons (Fsp3) is 0.300. The average Bonchev–Trinajstić information content (AvgIpc) is 2.55. The average molecular weight is 419 g/mol. The van der Waals surface area contributed by atoms with E-state index in [9.17, 15) is 9.59 Å². The minimum atomic E-state index is -0.246. The molecule has 0 unspecified atom stereocenters. The zero-order valence-corrected chi connectivity index (χ0v) is 16.7. The molecule has 2 aromatic carbocycles. The Labute approximate surface area is 162 Å². The zero-order valence-electron chi connectivity index (χ0n) is 15.1. The lowest BCUT2D eigenvalue weighted by Gasteiger charge is -2.11. The number of aryl methyl sites for hydroxylation is 1. The fourth-order valence-corrected chi connectivity index (χ4v) is 2.81. The van der Waals surface area contributed by atoms with Crippen molar-refractivity contribution in [3.63, 3.8) is 0 Å². The van der Waals surface area contributed by atoms with Crippen molar-refractivity contribution in [3.8, 4) is 5.75 Å². The quantitative estimate of drug-likeness (QED) is 0.680. The molecular formula is C20H23BrN2O3. The number of halogens is 1. The zero-order chi connectivity index (χ0) is 19.1. The predicted molar refractivity (Wildman–Crippen MR) is 108 cm³/mol. The first-order valence-electron chi connectivity index (χ1n) is 8.42. The summed E-state index contributed by atoms with van der Waals surface area (Å²) < 4.78 is 6.51. The molecule has 0 saturated heterocycles. The van der Waals surface area contributed by atoms with Crippen LogP contribution in [0.4, 0.5) is 11.4 Å². The molecule has 0 heterocycles. The first kappa shape index (κ1) is 20.0. The third-order valence-corrected chi connectivity index (χ3v) is 4.04. The van der Waals surface area contributed by atoms with Crippen LogP contribution < -0.4 is 15.4 Å². The molecule has 5 nitrogen and oxygen atoms in total. The van der Waals surface area contributed by atoms with Gasteiger partial charge in [-0.3, -0.25) is 9.59 Å². The number of carbonyl (C=O) groups excluding carboxylic acids is 2. The van der Waals surface area contributed by atoms with Crippen LogP contribution in [0, 0.1) is 12.8 Å². The van der Waals surface area contributed by atoms with E-state index < -0.39 is 0 Å². The van der Waals surface area contributed by atoms with Gasteiger partial charge in [0.15, 0.2) is 6.61 Å². The summed E-state index contributed by atoms with van der Waals surface area (Å²) >= 11 is 3.39. The second-order valence-electron chi connectivity index (χ2n) is 6.47. The van der Waals surface area contributed by atoms with E-state index in [0.717, 1.165) is 10.0 Å². The summed E-state index contributed by atoms with van der Waals surface area (Å²) in [5, 5.41) is 5.60. The van der Waals surface area contributed by atoms with Gasteiger partial charge in [-0.1, -0.05) is 29.8 Å². The molecule has 138 valence electrons. The van der Waals surface area contributed by atoms with E-state index in [4.69, 9.17) is 4.74 Å². The van der Waals surface area contributed by atoms with E-state index in [1.165, 1.54) is 0 Å². The van der Waals surface area contributed by atoms with E-state index in [-0.39, 0.29) is 18.4 Å². The number of rotatable bonds is 7. The van der Waals surface area contributed by atoms with Crippen molar-refractivity contribution in [1.82, 2.24) is 0 Å². The molecule has 0 spiro atoms. The fourth-order valence-electron chi connectivity index (χ4n) is 2.33. The Bertz CT molecular complexity index is 773. The SMILES string of the molecule is Cc1cc(Br)ccc1OCC(=O)Nc1ccc(NC(=O)CC(C)C)cc1. The van der Waals surface area contributed by atoms with Gasteiger partial charge in [-0.25, -0.2) is 0 Å². The molecule has 0 saturated carbocycles. The van der Waals surface area contributed by atoms with E-state index in [1.807, 2.05) is 39.0 Å². The molecule has 6 heteroatoms. The van der Waals surface area contributed by atoms with Gasteiger partial charge in [0.1, 0.15) is 5.75 Å². The number of hydrogen-bond donors (Lipinski definition) is 2. The first-order chi connectivity index (χ1) is 12.3. The molecule has 2 rings (SSSR count). The Hall–Kier alpha value is -2.34. The lowest BCUT2D eigenvalue weighted by molar-refractivity contribution is -0.118. The van der Waals surface area contributed by atoms with Gasteiger partial charge in [0, 0.05) is 22.3 Å². The van der Waals surface area contributed by atoms with Crippen LogP contribution in [0.3, 0.4) is 0 Å². The maximum Gasteiger partial charge on any atom is 0.262 e. The van der Waals surface area contributed by atoms with Crippen LogP contribution in [0.1, 0.15) is 25.8 Å². The van der Waals surface area contributed by atoms with Gasteiger partial charge in [-0.15, -0.1) is 0 Å². The predicted octanol–water partition coefficient (Wildman–Crippen LogP) is 4.76. The molecule has 0 aliphatic carbocycles. The van der Waals surface area contributed by atoms with Crippen LogP contribution in [-0.2, 0) is 9.59 Å². The number of anilines is 2. The van der Waals surface area contributed by atoms with Crippen LogP contribution in [0.25, 0.3) is 0 Å². The van der Waals surface area contributed by atoms with Crippen molar-refractivity contribution in [2.45, 2.75) is 27.2 Å². The molecule has 0 aromatic heterocycles. The van der Waals surface area contributed by atoms with Crippen LogP contribution in [0.2, 0.25) is 0 Å². The Morgan fingerprint density at radius 3 is 2.12 bits per heavy atom. The number of carbonyl (C=O) groups is 2. The monoisotopic (exact) mass is 418 g/mol. The third-order valence-electron chi connectivity index (χ3n) is 3.54. The van der Waals surface area contributed by atoms with Crippen molar-refractivity contribution in [3.05, 3.63) is 52.5 Å². The van der Waals surface area contributed by atoms with Crippen LogP contribution in [0.15, 0.2) is 46.9 Å². The highest BCUT2D eigenvalue weighted by Crippen LogP contribution is 2.22. The van der Waals surface area contributed by atoms with E-state index in [1.54, 1.807) is 24.3 Å². The lowest BCUT2D eigenvalue weighted by Crippen LogP contribution is -2.20. The smallest absolute Gasteiger partial charge is 0.262 e. The molecule has 0 aliphatic heterocycles. The second-order valence-corrected chi connectivity index (χ2v) is 7.39.